The number of halogens is 1. The van der Waals surface area contributed by atoms with Crippen LogP contribution in [0.5, 0.6) is 11.5 Å². The highest BCUT2D eigenvalue weighted by atomic mass is 35.5. The summed E-state index contributed by atoms with van der Waals surface area (Å²) in [6.45, 7) is 0.0824. The molecule has 0 unspecified atom stereocenters. The number of phenolic OH excluding ortho intramolecular Hbond substituents is 2. The third kappa shape index (κ3) is 3.67. The molecule has 2 aromatic carbocycles. The molecule has 0 aliphatic heterocycles. The van der Waals surface area contributed by atoms with Gasteiger partial charge in [0.15, 0.2) is 0 Å². The zero-order valence-electron chi connectivity index (χ0n) is 11.2. The molecule has 2 rings (SSSR count). The first-order valence-electron chi connectivity index (χ1n) is 6.20. The van der Waals surface area contributed by atoms with E-state index in [2.05, 4.69) is 5.32 Å². The second-order valence-electron chi connectivity index (χ2n) is 4.54. The number of hydrogen-bond donors (Lipinski definition) is 4. The molecule has 4 N–H and O–H groups in total. The number of aromatic carboxylic acids is 1. The zero-order valence-corrected chi connectivity index (χ0v) is 12.0. The number of carbonyl (C=O) groups is 2. The van der Waals surface area contributed by atoms with E-state index in [1.807, 2.05) is 0 Å². The standard InChI is InChI=1S/C15H12ClNO5/c16-13-5-9(1-2-12(13)15(21)22)14(20)17-7-8-3-10(18)6-11(19)4-8/h1-6,18-19H,7H2,(H,17,20)(H,21,22). The number of carboxylic acids is 1. The lowest BCUT2D eigenvalue weighted by Gasteiger charge is -2.08. The first-order chi connectivity index (χ1) is 10.4. The predicted molar refractivity (Wildman–Crippen MR) is 79.4 cm³/mol. The van der Waals surface area contributed by atoms with Gasteiger partial charge < -0.3 is 20.6 Å². The molecule has 0 heterocycles. The molecule has 0 saturated heterocycles. The number of nitrogens with one attached hydrogen (secondary N) is 1. The van der Waals surface area contributed by atoms with Gasteiger partial charge in [-0.1, -0.05) is 11.6 Å². The van der Waals surface area contributed by atoms with Crippen molar-refractivity contribution < 1.29 is 24.9 Å². The maximum atomic E-state index is 12.0. The molecule has 2 aromatic rings. The number of carboxylic acid groups (broad SMARTS) is 1. The maximum absolute atomic E-state index is 12.0. The Kier molecular flexibility index (Phi) is 4.53. The van der Waals surface area contributed by atoms with E-state index in [0.29, 0.717) is 5.56 Å². The molecule has 0 radical (unpaired) electrons. The topological polar surface area (TPSA) is 107 Å². The Morgan fingerprint density at radius 1 is 1.05 bits per heavy atom. The molecule has 0 bridgehead atoms. The average molecular weight is 322 g/mol. The minimum atomic E-state index is -1.17. The van der Waals surface area contributed by atoms with E-state index >= 15 is 0 Å². The summed E-state index contributed by atoms with van der Waals surface area (Å²) in [6, 6.07) is 7.85. The van der Waals surface area contributed by atoms with E-state index < -0.39 is 11.9 Å². The highest BCUT2D eigenvalue weighted by Crippen LogP contribution is 2.21. The van der Waals surface area contributed by atoms with Crippen molar-refractivity contribution in [1.29, 1.82) is 0 Å². The van der Waals surface area contributed by atoms with Crippen molar-refractivity contribution in [2.75, 3.05) is 0 Å². The van der Waals surface area contributed by atoms with Gasteiger partial charge in [-0.15, -0.1) is 0 Å². The monoisotopic (exact) mass is 321 g/mol. The summed E-state index contributed by atoms with van der Waals surface area (Å²) in [5, 5.41) is 30.1. The van der Waals surface area contributed by atoms with Crippen LogP contribution in [0.15, 0.2) is 36.4 Å². The van der Waals surface area contributed by atoms with Crippen LogP contribution >= 0.6 is 11.6 Å². The van der Waals surface area contributed by atoms with Crippen LogP contribution in [-0.4, -0.2) is 27.2 Å². The van der Waals surface area contributed by atoms with Gasteiger partial charge in [0.2, 0.25) is 0 Å². The second-order valence-corrected chi connectivity index (χ2v) is 4.95. The zero-order chi connectivity index (χ0) is 16.3. The minimum absolute atomic E-state index is 0.0323. The summed E-state index contributed by atoms with van der Waals surface area (Å²) in [6.07, 6.45) is 0. The Morgan fingerprint density at radius 2 is 1.68 bits per heavy atom. The normalized spacial score (nSPS) is 10.2. The van der Waals surface area contributed by atoms with Gasteiger partial charge in [0.25, 0.3) is 5.91 Å². The van der Waals surface area contributed by atoms with E-state index in [1.54, 1.807) is 0 Å². The summed E-state index contributed by atoms with van der Waals surface area (Å²) in [7, 11) is 0. The van der Waals surface area contributed by atoms with E-state index in [9.17, 15) is 19.8 Å². The fourth-order valence-corrected chi connectivity index (χ4v) is 2.13. The molecular weight excluding hydrogens is 310 g/mol. The number of rotatable bonds is 4. The summed E-state index contributed by atoms with van der Waals surface area (Å²) in [4.78, 5) is 22.8. The van der Waals surface area contributed by atoms with Crippen LogP contribution in [0.25, 0.3) is 0 Å². The van der Waals surface area contributed by atoms with Crippen molar-refractivity contribution >= 4 is 23.5 Å². The third-order valence-electron chi connectivity index (χ3n) is 2.88. The summed E-state index contributed by atoms with van der Waals surface area (Å²) < 4.78 is 0. The van der Waals surface area contributed by atoms with Crippen LogP contribution < -0.4 is 5.32 Å². The molecule has 0 saturated carbocycles. The van der Waals surface area contributed by atoms with Crippen LogP contribution in [0, 0.1) is 0 Å². The van der Waals surface area contributed by atoms with Gasteiger partial charge in [-0.2, -0.15) is 0 Å². The number of carbonyl (C=O) groups excluding carboxylic acids is 1. The van der Waals surface area contributed by atoms with E-state index in [0.717, 1.165) is 0 Å². The smallest absolute Gasteiger partial charge is 0.337 e. The Hall–Kier alpha value is -2.73. The molecule has 0 aliphatic carbocycles. The van der Waals surface area contributed by atoms with Gasteiger partial charge >= 0.3 is 5.97 Å². The van der Waals surface area contributed by atoms with Gasteiger partial charge in [-0.3, -0.25) is 4.79 Å². The molecule has 0 fully saturated rings. The van der Waals surface area contributed by atoms with E-state index in [-0.39, 0.29) is 34.2 Å². The second kappa shape index (κ2) is 6.36. The van der Waals surface area contributed by atoms with Crippen molar-refractivity contribution in [3.8, 4) is 11.5 Å². The molecular formula is C15H12ClNO5. The predicted octanol–water partition coefficient (Wildman–Crippen LogP) is 2.38. The number of benzene rings is 2. The van der Waals surface area contributed by atoms with Gasteiger partial charge in [-0.25, -0.2) is 4.79 Å². The summed E-state index contributed by atoms with van der Waals surface area (Å²) >= 11 is 5.80. The van der Waals surface area contributed by atoms with E-state index in [1.165, 1.54) is 36.4 Å². The quantitative estimate of drug-likeness (QED) is 0.691. The lowest BCUT2D eigenvalue weighted by molar-refractivity contribution is 0.0696. The van der Waals surface area contributed by atoms with Crippen molar-refractivity contribution in [2.24, 2.45) is 0 Å². The van der Waals surface area contributed by atoms with Crippen LogP contribution in [0.4, 0.5) is 0 Å². The number of phenols is 2. The molecule has 22 heavy (non-hydrogen) atoms. The SMILES string of the molecule is O=C(NCc1cc(O)cc(O)c1)c1ccc(C(=O)O)c(Cl)c1. The van der Waals surface area contributed by atoms with Gasteiger partial charge in [0.1, 0.15) is 11.5 Å². The van der Waals surface area contributed by atoms with Crippen molar-refractivity contribution in [3.05, 3.63) is 58.1 Å². The summed E-state index contributed by atoms with van der Waals surface area (Å²) in [5.41, 5.74) is 0.634. The Morgan fingerprint density at radius 3 is 2.23 bits per heavy atom. The van der Waals surface area contributed by atoms with Gasteiger partial charge in [0, 0.05) is 18.2 Å². The highest BCUT2D eigenvalue weighted by Gasteiger charge is 2.12. The minimum Gasteiger partial charge on any atom is -0.508 e. The maximum Gasteiger partial charge on any atom is 0.337 e. The van der Waals surface area contributed by atoms with Crippen molar-refractivity contribution in [3.63, 3.8) is 0 Å². The van der Waals surface area contributed by atoms with Crippen LogP contribution in [0.1, 0.15) is 26.3 Å². The first kappa shape index (κ1) is 15.7. The number of hydrogen-bond acceptors (Lipinski definition) is 4. The fourth-order valence-electron chi connectivity index (χ4n) is 1.87. The third-order valence-corrected chi connectivity index (χ3v) is 3.19. The van der Waals surface area contributed by atoms with Crippen molar-refractivity contribution in [1.82, 2.24) is 5.32 Å². The molecule has 1 amide bonds. The lowest BCUT2D eigenvalue weighted by atomic mass is 10.1. The average Bonchev–Trinajstić information content (AvgIpc) is 2.43. The van der Waals surface area contributed by atoms with Crippen LogP contribution in [0.3, 0.4) is 0 Å². The lowest BCUT2D eigenvalue weighted by Crippen LogP contribution is -2.22. The molecule has 0 atom stereocenters. The largest absolute Gasteiger partial charge is 0.508 e. The van der Waals surface area contributed by atoms with Gasteiger partial charge in [-0.05, 0) is 35.9 Å². The molecule has 6 nitrogen and oxygen atoms in total. The summed E-state index contributed by atoms with van der Waals surface area (Å²) in [5.74, 6) is -1.86. The number of aromatic hydroxyl groups is 2. The Bertz CT molecular complexity index is 724. The molecule has 0 aromatic heterocycles. The first-order valence-corrected chi connectivity index (χ1v) is 6.57. The molecule has 114 valence electrons. The van der Waals surface area contributed by atoms with Crippen LogP contribution in [-0.2, 0) is 6.54 Å². The van der Waals surface area contributed by atoms with E-state index in [4.69, 9.17) is 16.7 Å². The van der Waals surface area contributed by atoms with Crippen LogP contribution in [0.2, 0.25) is 5.02 Å². The van der Waals surface area contributed by atoms with Crippen molar-refractivity contribution in [2.45, 2.75) is 6.54 Å². The number of amides is 1. The Labute approximate surface area is 130 Å². The highest BCUT2D eigenvalue weighted by molar-refractivity contribution is 6.33. The molecule has 7 heteroatoms. The van der Waals surface area contributed by atoms with Gasteiger partial charge in [0.05, 0.1) is 10.6 Å². The Balaban J connectivity index is 2.09. The molecule has 0 spiro atoms. The fraction of sp³-hybridized carbons (Fsp3) is 0.0667. The molecule has 0 aliphatic rings.